The van der Waals surface area contributed by atoms with Gasteiger partial charge < -0.3 is 20.3 Å². The van der Waals surface area contributed by atoms with E-state index in [1.54, 1.807) is 24.5 Å². The van der Waals surface area contributed by atoms with Crippen LogP contribution in [0.15, 0.2) is 66.8 Å². The van der Waals surface area contributed by atoms with E-state index in [0.717, 1.165) is 37.4 Å². The summed E-state index contributed by atoms with van der Waals surface area (Å²) in [4.78, 5) is 28.4. The van der Waals surface area contributed by atoms with Gasteiger partial charge >= 0.3 is 0 Å². The first-order valence-corrected chi connectivity index (χ1v) is 11.4. The van der Waals surface area contributed by atoms with Crippen molar-refractivity contribution >= 4 is 5.91 Å². The van der Waals surface area contributed by atoms with Crippen molar-refractivity contribution in [1.82, 2.24) is 30.5 Å². The highest BCUT2D eigenvalue weighted by molar-refractivity contribution is 5.94. The van der Waals surface area contributed by atoms with E-state index in [-0.39, 0.29) is 11.6 Å². The molecule has 4 rings (SSSR count). The summed E-state index contributed by atoms with van der Waals surface area (Å²) in [5.74, 6) is 1.37. The van der Waals surface area contributed by atoms with Crippen LogP contribution in [0.1, 0.15) is 30.3 Å². The minimum Gasteiger partial charge on any atom is -0.477 e. The van der Waals surface area contributed by atoms with Gasteiger partial charge in [0.15, 0.2) is 5.82 Å². The number of nitrogens with zero attached hydrogens (tertiary/aromatic N) is 4. The maximum absolute atomic E-state index is 13.0. The molecule has 0 aromatic carbocycles. The number of amides is 1. The van der Waals surface area contributed by atoms with Crippen LogP contribution in [0, 0.1) is 5.92 Å². The summed E-state index contributed by atoms with van der Waals surface area (Å²) >= 11 is 0. The molecule has 2 fully saturated rings. The Morgan fingerprint density at radius 1 is 1.27 bits per heavy atom. The van der Waals surface area contributed by atoms with Crippen molar-refractivity contribution in [3.63, 3.8) is 0 Å². The normalized spacial score (nSPS) is 16.9. The number of carbonyl (C=O) groups excluding carboxylic acids is 1. The maximum atomic E-state index is 13.0. The fourth-order valence-electron chi connectivity index (χ4n) is 3.55. The molecule has 0 spiro atoms. The summed E-state index contributed by atoms with van der Waals surface area (Å²) in [6.07, 6.45) is 11.3. The third-order valence-corrected chi connectivity index (χ3v) is 5.56. The Morgan fingerprint density at radius 3 is 2.76 bits per heavy atom. The number of hydrogen-bond donors (Lipinski definition) is 2. The van der Waals surface area contributed by atoms with E-state index in [4.69, 9.17) is 4.74 Å². The zero-order chi connectivity index (χ0) is 23.0. The van der Waals surface area contributed by atoms with E-state index in [1.807, 2.05) is 31.2 Å². The van der Waals surface area contributed by atoms with E-state index in [0.29, 0.717) is 29.9 Å². The van der Waals surface area contributed by atoms with Crippen LogP contribution in [0.25, 0.3) is 11.4 Å². The minimum atomic E-state index is -0.317. The van der Waals surface area contributed by atoms with Gasteiger partial charge in [0.05, 0.1) is 18.0 Å². The molecule has 33 heavy (non-hydrogen) atoms. The van der Waals surface area contributed by atoms with Crippen molar-refractivity contribution in [2.24, 2.45) is 5.92 Å². The number of pyridine rings is 1. The van der Waals surface area contributed by atoms with Gasteiger partial charge in [-0.1, -0.05) is 12.7 Å². The lowest BCUT2D eigenvalue weighted by atomic mass is 10.2. The molecular weight excluding hydrogens is 416 g/mol. The van der Waals surface area contributed by atoms with Gasteiger partial charge in [-0.3, -0.25) is 4.79 Å². The monoisotopic (exact) mass is 446 g/mol. The highest BCUT2D eigenvalue weighted by Crippen LogP contribution is 2.29. The summed E-state index contributed by atoms with van der Waals surface area (Å²) in [7, 11) is 0. The second-order valence-corrected chi connectivity index (χ2v) is 8.10. The Balaban J connectivity index is 1.49. The number of ether oxygens (including phenoxy) is 1. The van der Waals surface area contributed by atoms with Crippen LogP contribution in [-0.2, 0) is 0 Å². The average Bonchev–Trinajstić information content (AvgIpc) is 3.70. The predicted molar refractivity (Wildman–Crippen MR) is 127 cm³/mol. The van der Waals surface area contributed by atoms with E-state index in [2.05, 4.69) is 37.1 Å². The van der Waals surface area contributed by atoms with Gasteiger partial charge in [-0.15, -0.1) is 0 Å². The van der Waals surface area contributed by atoms with Gasteiger partial charge in [-0.25, -0.2) is 15.0 Å². The second kappa shape index (κ2) is 10.9. The molecule has 8 nitrogen and oxygen atoms in total. The van der Waals surface area contributed by atoms with E-state index in [1.165, 1.54) is 12.8 Å². The summed E-state index contributed by atoms with van der Waals surface area (Å²) in [5.41, 5.74) is 2.58. The molecular formula is C25H30N6O2. The van der Waals surface area contributed by atoms with E-state index >= 15 is 0 Å². The highest BCUT2D eigenvalue weighted by Gasteiger charge is 2.22. The second-order valence-electron chi connectivity index (χ2n) is 8.10. The fourth-order valence-corrected chi connectivity index (χ4v) is 3.55. The molecule has 1 aliphatic heterocycles. The van der Waals surface area contributed by atoms with Gasteiger partial charge in [0.1, 0.15) is 5.69 Å². The van der Waals surface area contributed by atoms with Crippen LogP contribution in [0.5, 0.6) is 5.88 Å². The third kappa shape index (κ3) is 6.04. The molecule has 2 aliphatic rings. The molecule has 0 radical (unpaired) electrons. The molecule has 1 aliphatic carbocycles. The molecule has 3 heterocycles. The maximum Gasteiger partial charge on any atom is 0.274 e. The highest BCUT2D eigenvalue weighted by atomic mass is 16.5. The first-order valence-electron chi connectivity index (χ1n) is 11.4. The van der Waals surface area contributed by atoms with Crippen molar-refractivity contribution in [1.29, 1.82) is 0 Å². The van der Waals surface area contributed by atoms with Crippen molar-refractivity contribution in [3.8, 4) is 17.3 Å². The average molecular weight is 447 g/mol. The molecule has 1 saturated heterocycles. The lowest BCUT2D eigenvalue weighted by Crippen LogP contribution is -2.43. The molecule has 1 amide bonds. The van der Waals surface area contributed by atoms with Crippen LogP contribution in [-0.4, -0.2) is 58.5 Å². The van der Waals surface area contributed by atoms with Gasteiger partial charge in [0.2, 0.25) is 5.88 Å². The molecule has 0 bridgehead atoms. The topological polar surface area (TPSA) is 92.3 Å². The van der Waals surface area contributed by atoms with Crippen molar-refractivity contribution in [2.45, 2.75) is 19.8 Å². The first-order chi connectivity index (χ1) is 16.2. The van der Waals surface area contributed by atoms with E-state index in [9.17, 15) is 4.79 Å². The smallest absolute Gasteiger partial charge is 0.274 e. The Kier molecular flexibility index (Phi) is 7.47. The van der Waals surface area contributed by atoms with Gasteiger partial charge in [0, 0.05) is 50.2 Å². The molecule has 172 valence electrons. The van der Waals surface area contributed by atoms with Crippen LogP contribution < -0.4 is 15.4 Å². The number of piperazine rings is 1. The summed E-state index contributed by atoms with van der Waals surface area (Å²) in [6, 6.07) is 5.26. The summed E-state index contributed by atoms with van der Waals surface area (Å²) < 4.78 is 5.69. The van der Waals surface area contributed by atoms with Crippen LogP contribution in [0.4, 0.5) is 0 Å². The first kappa shape index (κ1) is 22.7. The zero-order valence-electron chi connectivity index (χ0n) is 19.0. The number of rotatable bonds is 9. The number of aromatic nitrogens is 3. The number of allylic oxidation sites excluding steroid dienone is 3. The molecule has 1 saturated carbocycles. The Labute approximate surface area is 194 Å². The van der Waals surface area contributed by atoms with Crippen LogP contribution in [0.3, 0.4) is 0 Å². The van der Waals surface area contributed by atoms with E-state index < -0.39 is 0 Å². The number of hydrogen-bond acceptors (Lipinski definition) is 7. The van der Waals surface area contributed by atoms with Gasteiger partial charge in [0.25, 0.3) is 5.91 Å². The Bertz CT molecular complexity index is 1040. The zero-order valence-corrected chi connectivity index (χ0v) is 19.0. The van der Waals surface area contributed by atoms with Crippen LogP contribution >= 0.6 is 0 Å². The number of carbonyl (C=O) groups is 1. The molecule has 2 aromatic heterocycles. The molecule has 2 N–H and O–H groups in total. The van der Waals surface area contributed by atoms with Gasteiger partial charge in [-0.05, 0) is 50.0 Å². The minimum absolute atomic E-state index is 0.272. The molecule has 2 aromatic rings. The Morgan fingerprint density at radius 2 is 2.09 bits per heavy atom. The molecule has 0 unspecified atom stereocenters. The standard InChI is InChI=1S/C25H30N6O2/c1-3-5-22(31-14-12-26-13-15-31)20(4-2)30-25(32)21-10-11-27-24(29-21)19-8-9-23(28-16-19)33-17-18-6-7-18/h3-5,8-11,16,18,26H,2,6-7,12-15,17H2,1H3,(H,30,32)/b5-3-,22-20-. The third-order valence-electron chi connectivity index (χ3n) is 5.56. The quantitative estimate of drug-likeness (QED) is 0.572. The van der Waals surface area contributed by atoms with Crippen molar-refractivity contribution in [3.05, 3.63) is 72.5 Å². The SMILES string of the molecule is C=C/C(NC(=O)c1ccnc(-c2ccc(OCC3CC3)nc2)n1)=C(\C=C/C)N1CCNCC1. The lowest BCUT2D eigenvalue weighted by Gasteiger charge is -2.31. The molecule has 0 atom stereocenters. The fraction of sp³-hybridized carbons (Fsp3) is 0.360. The summed E-state index contributed by atoms with van der Waals surface area (Å²) in [6.45, 7) is 10.1. The van der Waals surface area contributed by atoms with Crippen molar-refractivity contribution in [2.75, 3.05) is 32.8 Å². The Hall–Kier alpha value is -3.52. The lowest BCUT2D eigenvalue weighted by molar-refractivity contribution is 0.0961. The predicted octanol–water partition coefficient (Wildman–Crippen LogP) is 2.94. The largest absolute Gasteiger partial charge is 0.477 e. The van der Waals surface area contributed by atoms with Crippen LogP contribution in [0.2, 0.25) is 0 Å². The molecule has 8 heteroatoms. The number of nitrogens with one attached hydrogen (secondary N) is 2. The van der Waals surface area contributed by atoms with Gasteiger partial charge in [-0.2, -0.15) is 0 Å². The van der Waals surface area contributed by atoms with Crippen molar-refractivity contribution < 1.29 is 9.53 Å². The summed E-state index contributed by atoms with van der Waals surface area (Å²) in [5, 5.41) is 6.31.